The number of carbonyl (C=O) groups excluding carboxylic acids is 1. The van der Waals surface area contributed by atoms with Crippen LogP contribution in [0, 0.1) is 0 Å². The van der Waals surface area contributed by atoms with Crippen LogP contribution in [0.25, 0.3) is 0 Å². The Hall–Kier alpha value is -0.710. The lowest BCUT2D eigenvalue weighted by Gasteiger charge is -2.02. The average Bonchev–Trinajstić information content (AvgIpc) is 2.34. The van der Waals surface area contributed by atoms with Crippen molar-refractivity contribution in [3.63, 3.8) is 0 Å². The molecule has 0 aromatic heterocycles. The molecule has 0 aliphatic carbocycles. The number of rotatable bonds is 1. The SMILES string of the molecule is CCC1NN=C(NC(C)=O)S1. The molecule has 4 nitrogen and oxygen atoms in total. The molecule has 0 spiro atoms. The molecule has 1 unspecified atom stereocenters. The van der Waals surface area contributed by atoms with Crippen molar-refractivity contribution in [2.75, 3.05) is 0 Å². The van der Waals surface area contributed by atoms with Gasteiger partial charge in [-0.25, -0.2) is 0 Å². The van der Waals surface area contributed by atoms with E-state index in [4.69, 9.17) is 0 Å². The van der Waals surface area contributed by atoms with E-state index in [1.54, 1.807) is 11.8 Å². The predicted molar refractivity (Wildman–Crippen MR) is 46.1 cm³/mol. The fraction of sp³-hybridized carbons (Fsp3) is 0.667. The van der Waals surface area contributed by atoms with E-state index in [9.17, 15) is 4.79 Å². The van der Waals surface area contributed by atoms with E-state index in [0.29, 0.717) is 10.5 Å². The Labute approximate surface area is 69.8 Å². The Morgan fingerprint density at radius 2 is 2.64 bits per heavy atom. The molecular weight excluding hydrogens is 162 g/mol. The highest BCUT2D eigenvalue weighted by molar-refractivity contribution is 8.14. The molecule has 0 saturated carbocycles. The third kappa shape index (κ3) is 2.42. The standard InChI is InChI=1S/C6H11N3OS/c1-3-5-8-9-6(11-5)7-4(2)10/h5,8H,3H2,1-2H3,(H,7,9,10). The van der Waals surface area contributed by atoms with Gasteiger partial charge in [0.25, 0.3) is 0 Å². The molecule has 5 heteroatoms. The zero-order chi connectivity index (χ0) is 8.27. The third-order valence-electron chi connectivity index (χ3n) is 1.22. The smallest absolute Gasteiger partial charge is 0.222 e. The van der Waals surface area contributed by atoms with Crippen LogP contribution in [0.2, 0.25) is 0 Å². The second kappa shape index (κ2) is 3.61. The molecule has 0 aromatic carbocycles. The van der Waals surface area contributed by atoms with Crippen molar-refractivity contribution >= 4 is 22.8 Å². The van der Waals surface area contributed by atoms with Gasteiger partial charge in [0.15, 0.2) is 5.17 Å². The zero-order valence-electron chi connectivity index (χ0n) is 6.55. The molecule has 1 amide bonds. The Kier molecular flexibility index (Phi) is 2.76. The van der Waals surface area contributed by atoms with Crippen LogP contribution in [0.1, 0.15) is 20.3 Å². The normalized spacial score (nSPS) is 22.4. The second-order valence-corrected chi connectivity index (χ2v) is 3.43. The maximum Gasteiger partial charge on any atom is 0.222 e. The number of amides is 1. The highest BCUT2D eigenvalue weighted by atomic mass is 32.2. The van der Waals surface area contributed by atoms with Crippen molar-refractivity contribution in [1.82, 2.24) is 10.7 Å². The number of hydrogen-bond donors (Lipinski definition) is 2. The monoisotopic (exact) mass is 173 g/mol. The lowest BCUT2D eigenvalue weighted by Crippen LogP contribution is -2.24. The van der Waals surface area contributed by atoms with Crippen molar-refractivity contribution < 1.29 is 4.79 Å². The highest BCUT2D eigenvalue weighted by Crippen LogP contribution is 2.17. The van der Waals surface area contributed by atoms with Gasteiger partial charge in [-0.2, -0.15) is 5.10 Å². The van der Waals surface area contributed by atoms with E-state index in [1.807, 2.05) is 0 Å². The minimum absolute atomic E-state index is 0.0743. The van der Waals surface area contributed by atoms with Gasteiger partial charge >= 0.3 is 0 Å². The fourth-order valence-electron chi connectivity index (χ4n) is 0.701. The van der Waals surface area contributed by atoms with E-state index < -0.39 is 0 Å². The molecule has 1 aliphatic heterocycles. The van der Waals surface area contributed by atoms with Gasteiger partial charge in [0.05, 0.1) is 5.37 Å². The molecular formula is C6H11N3OS. The summed E-state index contributed by atoms with van der Waals surface area (Å²) in [4.78, 5) is 10.6. The summed E-state index contributed by atoms with van der Waals surface area (Å²) in [6.45, 7) is 3.54. The van der Waals surface area contributed by atoms with E-state index in [-0.39, 0.29) is 5.91 Å². The quantitative estimate of drug-likeness (QED) is 0.606. The summed E-state index contributed by atoms with van der Waals surface area (Å²) in [6.07, 6.45) is 0.997. The van der Waals surface area contributed by atoms with Crippen molar-refractivity contribution in [1.29, 1.82) is 0 Å². The number of nitrogens with one attached hydrogen (secondary N) is 2. The number of nitrogens with zero attached hydrogens (tertiary/aromatic N) is 1. The zero-order valence-corrected chi connectivity index (χ0v) is 7.36. The van der Waals surface area contributed by atoms with Crippen molar-refractivity contribution in [3.8, 4) is 0 Å². The van der Waals surface area contributed by atoms with Crippen molar-refractivity contribution in [2.24, 2.45) is 5.10 Å². The topological polar surface area (TPSA) is 53.5 Å². The van der Waals surface area contributed by atoms with Crippen LogP contribution in [0.15, 0.2) is 5.10 Å². The van der Waals surface area contributed by atoms with Gasteiger partial charge in [0.2, 0.25) is 5.91 Å². The van der Waals surface area contributed by atoms with E-state index in [0.717, 1.165) is 6.42 Å². The average molecular weight is 173 g/mol. The minimum Gasteiger partial charge on any atom is -0.304 e. The number of amidine groups is 1. The Balaban J connectivity index is 2.34. The van der Waals surface area contributed by atoms with Gasteiger partial charge in [-0.1, -0.05) is 18.7 Å². The van der Waals surface area contributed by atoms with Crippen LogP contribution in [0.5, 0.6) is 0 Å². The minimum atomic E-state index is -0.0743. The van der Waals surface area contributed by atoms with Crippen LogP contribution >= 0.6 is 11.8 Å². The maximum absolute atomic E-state index is 10.6. The maximum atomic E-state index is 10.6. The summed E-state index contributed by atoms with van der Waals surface area (Å²) in [6, 6.07) is 0. The van der Waals surface area contributed by atoms with Gasteiger partial charge in [-0.15, -0.1) is 0 Å². The van der Waals surface area contributed by atoms with Gasteiger partial charge in [0.1, 0.15) is 0 Å². The summed E-state index contributed by atoms with van der Waals surface area (Å²) in [5.41, 5.74) is 2.90. The van der Waals surface area contributed by atoms with E-state index in [2.05, 4.69) is 22.8 Å². The Morgan fingerprint density at radius 1 is 1.91 bits per heavy atom. The lowest BCUT2D eigenvalue weighted by atomic mass is 10.5. The van der Waals surface area contributed by atoms with Crippen LogP contribution in [-0.4, -0.2) is 16.4 Å². The first-order valence-corrected chi connectivity index (χ1v) is 4.37. The second-order valence-electron chi connectivity index (χ2n) is 2.24. The summed E-state index contributed by atoms with van der Waals surface area (Å²) < 4.78 is 0. The Bertz CT molecular complexity index is 192. The van der Waals surface area contributed by atoms with Gasteiger partial charge in [-0.3, -0.25) is 10.2 Å². The first-order valence-electron chi connectivity index (χ1n) is 3.50. The largest absolute Gasteiger partial charge is 0.304 e. The molecule has 1 heterocycles. The third-order valence-corrected chi connectivity index (χ3v) is 2.36. The lowest BCUT2D eigenvalue weighted by molar-refractivity contribution is -0.117. The predicted octanol–water partition coefficient (Wildman–Crippen LogP) is 0.466. The molecule has 0 saturated heterocycles. The first kappa shape index (κ1) is 8.39. The molecule has 0 fully saturated rings. The number of carbonyl (C=O) groups is 1. The molecule has 1 aliphatic rings. The van der Waals surface area contributed by atoms with E-state index >= 15 is 0 Å². The van der Waals surface area contributed by atoms with Crippen LogP contribution in [0.3, 0.4) is 0 Å². The van der Waals surface area contributed by atoms with E-state index in [1.165, 1.54) is 6.92 Å². The Morgan fingerprint density at radius 3 is 3.09 bits per heavy atom. The molecule has 62 valence electrons. The van der Waals surface area contributed by atoms with Gasteiger partial charge in [0, 0.05) is 6.92 Å². The number of thioether (sulfide) groups is 1. The van der Waals surface area contributed by atoms with Crippen LogP contribution in [-0.2, 0) is 4.79 Å². The first-order chi connectivity index (χ1) is 5.22. The van der Waals surface area contributed by atoms with Crippen LogP contribution < -0.4 is 10.7 Å². The molecule has 0 aromatic rings. The number of hydrogen-bond acceptors (Lipinski definition) is 4. The van der Waals surface area contributed by atoms with Crippen LogP contribution in [0.4, 0.5) is 0 Å². The molecule has 0 bridgehead atoms. The summed E-state index contributed by atoms with van der Waals surface area (Å²) in [5, 5.41) is 7.53. The summed E-state index contributed by atoms with van der Waals surface area (Å²) in [5.74, 6) is -0.0743. The summed E-state index contributed by atoms with van der Waals surface area (Å²) >= 11 is 1.55. The summed E-state index contributed by atoms with van der Waals surface area (Å²) in [7, 11) is 0. The molecule has 2 N–H and O–H groups in total. The molecule has 1 rings (SSSR count). The highest BCUT2D eigenvalue weighted by Gasteiger charge is 2.17. The van der Waals surface area contributed by atoms with Gasteiger partial charge in [-0.05, 0) is 6.42 Å². The molecule has 11 heavy (non-hydrogen) atoms. The van der Waals surface area contributed by atoms with Crippen molar-refractivity contribution in [2.45, 2.75) is 25.6 Å². The van der Waals surface area contributed by atoms with Gasteiger partial charge < -0.3 is 5.32 Å². The molecule has 1 atom stereocenters. The van der Waals surface area contributed by atoms with Crippen molar-refractivity contribution in [3.05, 3.63) is 0 Å². The fourth-order valence-corrected chi connectivity index (χ4v) is 1.55. The number of hydrazone groups is 1. The molecule has 0 radical (unpaired) electrons.